The number of carboxylic acids is 1. The molecule has 6 nitrogen and oxygen atoms in total. The topological polar surface area (TPSA) is 99.5 Å². The molecule has 1 atom stereocenters. The van der Waals surface area contributed by atoms with Gasteiger partial charge in [0.2, 0.25) is 0 Å². The molecule has 0 bridgehead atoms. The standard InChI is InChI=1S/C9H9BrN2O4/c10-7-2-1-5(3-11-7)8(14)12-4-6(13)9(15)16/h1-3,6,13H,4H2,(H,12,14)(H,15,16). The summed E-state index contributed by atoms with van der Waals surface area (Å²) in [5.74, 6) is -1.87. The van der Waals surface area contributed by atoms with Crippen LogP contribution in [0.5, 0.6) is 0 Å². The first-order chi connectivity index (χ1) is 7.50. The second-order valence-corrected chi connectivity index (χ2v) is 3.75. The first kappa shape index (κ1) is 12.6. The van der Waals surface area contributed by atoms with Gasteiger partial charge in [0.15, 0.2) is 6.10 Å². The van der Waals surface area contributed by atoms with Crippen LogP contribution < -0.4 is 5.32 Å². The van der Waals surface area contributed by atoms with E-state index in [4.69, 9.17) is 10.2 Å². The molecule has 0 aromatic carbocycles. The third-order valence-corrected chi connectivity index (χ3v) is 2.20. The van der Waals surface area contributed by atoms with Gasteiger partial charge < -0.3 is 15.5 Å². The smallest absolute Gasteiger partial charge is 0.334 e. The van der Waals surface area contributed by atoms with Crippen LogP contribution in [0.2, 0.25) is 0 Å². The summed E-state index contributed by atoms with van der Waals surface area (Å²) in [7, 11) is 0. The van der Waals surface area contributed by atoms with Crippen molar-refractivity contribution in [2.24, 2.45) is 0 Å². The Morgan fingerprint density at radius 1 is 1.50 bits per heavy atom. The molecule has 1 heterocycles. The van der Waals surface area contributed by atoms with Crippen molar-refractivity contribution in [2.45, 2.75) is 6.10 Å². The summed E-state index contributed by atoms with van der Waals surface area (Å²) >= 11 is 3.12. The highest BCUT2D eigenvalue weighted by Crippen LogP contribution is 2.05. The number of aromatic nitrogens is 1. The van der Waals surface area contributed by atoms with Crippen LogP contribution in [0.15, 0.2) is 22.9 Å². The van der Waals surface area contributed by atoms with Crippen molar-refractivity contribution in [3.63, 3.8) is 0 Å². The lowest BCUT2D eigenvalue weighted by Gasteiger charge is -2.07. The van der Waals surface area contributed by atoms with Crippen molar-refractivity contribution in [3.8, 4) is 0 Å². The Balaban J connectivity index is 2.53. The Hall–Kier alpha value is -1.47. The highest BCUT2D eigenvalue weighted by molar-refractivity contribution is 9.10. The van der Waals surface area contributed by atoms with Gasteiger partial charge in [-0.2, -0.15) is 0 Å². The van der Waals surface area contributed by atoms with Gasteiger partial charge in [-0.05, 0) is 28.1 Å². The van der Waals surface area contributed by atoms with Crippen LogP contribution in [0, 0.1) is 0 Å². The van der Waals surface area contributed by atoms with Gasteiger partial charge in [0.05, 0.1) is 12.1 Å². The van der Waals surface area contributed by atoms with E-state index in [-0.39, 0.29) is 6.54 Å². The van der Waals surface area contributed by atoms with E-state index in [1.807, 2.05) is 0 Å². The number of carbonyl (C=O) groups excluding carboxylic acids is 1. The largest absolute Gasteiger partial charge is 0.479 e. The van der Waals surface area contributed by atoms with Crippen LogP contribution >= 0.6 is 15.9 Å². The van der Waals surface area contributed by atoms with Gasteiger partial charge in [-0.25, -0.2) is 9.78 Å². The maximum Gasteiger partial charge on any atom is 0.334 e. The van der Waals surface area contributed by atoms with E-state index in [0.717, 1.165) is 0 Å². The van der Waals surface area contributed by atoms with Gasteiger partial charge in [-0.1, -0.05) is 0 Å². The van der Waals surface area contributed by atoms with Gasteiger partial charge in [0.1, 0.15) is 4.60 Å². The molecule has 7 heteroatoms. The Bertz CT molecular complexity index is 393. The van der Waals surface area contributed by atoms with Crippen molar-refractivity contribution in [3.05, 3.63) is 28.5 Å². The summed E-state index contributed by atoms with van der Waals surface area (Å²) in [6, 6.07) is 3.11. The number of rotatable bonds is 4. The summed E-state index contributed by atoms with van der Waals surface area (Å²) in [6.07, 6.45) is -0.264. The molecule has 0 radical (unpaired) electrons. The minimum Gasteiger partial charge on any atom is -0.479 e. The Labute approximate surface area is 99.4 Å². The third-order valence-electron chi connectivity index (χ3n) is 1.73. The van der Waals surface area contributed by atoms with Crippen LogP contribution in [0.4, 0.5) is 0 Å². The van der Waals surface area contributed by atoms with E-state index in [0.29, 0.717) is 10.2 Å². The normalized spacial score (nSPS) is 11.9. The lowest BCUT2D eigenvalue weighted by Crippen LogP contribution is -2.36. The molecule has 1 rings (SSSR count). The number of aliphatic carboxylic acids is 1. The van der Waals surface area contributed by atoms with Crippen molar-refractivity contribution in [2.75, 3.05) is 6.54 Å². The molecule has 1 aromatic rings. The summed E-state index contributed by atoms with van der Waals surface area (Å²) < 4.78 is 0.592. The van der Waals surface area contributed by atoms with Crippen LogP contribution in [-0.2, 0) is 4.79 Å². The minimum absolute atomic E-state index is 0.292. The van der Waals surface area contributed by atoms with Crippen LogP contribution in [0.1, 0.15) is 10.4 Å². The van der Waals surface area contributed by atoms with Crippen molar-refractivity contribution in [1.82, 2.24) is 10.3 Å². The first-order valence-electron chi connectivity index (χ1n) is 4.31. The van der Waals surface area contributed by atoms with E-state index in [2.05, 4.69) is 26.2 Å². The number of carbonyl (C=O) groups is 2. The quantitative estimate of drug-likeness (QED) is 0.679. The first-order valence-corrected chi connectivity index (χ1v) is 5.10. The SMILES string of the molecule is O=C(NCC(O)C(=O)O)c1ccc(Br)nc1. The van der Waals surface area contributed by atoms with E-state index >= 15 is 0 Å². The number of aliphatic hydroxyl groups is 1. The fourth-order valence-electron chi connectivity index (χ4n) is 0.889. The number of hydrogen-bond donors (Lipinski definition) is 3. The lowest BCUT2D eigenvalue weighted by atomic mass is 10.2. The fourth-order valence-corrected chi connectivity index (χ4v) is 1.12. The fraction of sp³-hybridized carbons (Fsp3) is 0.222. The number of carboxylic acid groups (broad SMARTS) is 1. The van der Waals surface area contributed by atoms with Gasteiger partial charge in [0, 0.05) is 6.20 Å². The average molecular weight is 289 g/mol. The van der Waals surface area contributed by atoms with E-state index in [9.17, 15) is 9.59 Å². The van der Waals surface area contributed by atoms with Crippen LogP contribution in [0.3, 0.4) is 0 Å². The van der Waals surface area contributed by atoms with Crippen molar-refractivity contribution < 1.29 is 19.8 Å². The molecule has 0 saturated heterocycles. The molecule has 86 valence electrons. The summed E-state index contributed by atoms with van der Waals surface area (Å²) in [6.45, 7) is -0.343. The molecule has 0 fully saturated rings. The lowest BCUT2D eigenvalue weighted by molar-refractivity contribution is -0.146. The van der Waals surface area contributed by atoms with Gasteiger partial charge >= 0.3 is 5.97 Å². The molecule has 3 N–H and O–H groups in total. The predicted octanol–water partition coefficient (Wildman–Crippen LogP) is 0.0194. The Kier molecular flexibility index (Phi) is 4.39. The maximum absolute atomic E-state index is 11.4. The number of pyridine rings is 1. The van der Waals surface area contributed by atoms with Crippen molar-refractivity contribution >= 4 is 27.8 Å². The highest BCUT2D eigenvalue weighted by atomic mass is 79.9. The molecule has 0 aliphatic rings. The average Bonchev–Trinajstić information content (AvgIpc) is 2.26. The molecule has 16 heavy (non-hydrogen) atoms. The number of nitrogens with one attached hydrogen (secondary N) is 1. The second-order valence-electron chi connectivity index (χ2n) is 2.93. The molecule has 0 aliphatic heterocycles. The molecule has 0 aliphatic carbocycles. The molecule has 1 unspecified atom stereocenters. The summed E-state index contributed by atoms with van der Waals surface area (Å²) in [5, 5.41) is 19.6. The summed E-state index contributed by atoms with van der Waals surface area (Å²) in [4.78, 5) is 25.5. The van der Waals surface area contributed by atoms with E-state index in [1.165, 1.54) is 12.3 Å². The Morgan fingerprint density at radius 2 is 2.19 bits per heavy atom. The third kappa shape index (κ3) is 3.59. The second kappa shape index (κ2) is 5.57. The molecule has 0 spiro atoms. The predicted molar refractivity (Wildman–Crippen MR) is 57.9 cm³/mol. The van der Waals surface area contributed by atoms with Gasteiger partial charge in [-0.15, -0.1) is 0 Å². The van der Waals surface area contributed by atoms with Crippen LogP contribution in [-0.4, -0.2) is 39.7 Å². The van der Waals surface area contributed by atoms with Crippen LogP contribution in [0.25, 0.3) is 0 Å². The van der Waals surface area contributed by atoms with Gasteiger partial charge in [-0.3, -0.25) is 4.79 Å². The molecule has 1 amide bonds. The molecular formula is C9H9BrN2O4. The monoisotopic (exact) mass is 288 g/mol. The van der Waals surface area contributed by atoms with E-state index < -0.39 is 18.0 Å². The maximum atomic E-state index is 11.4. The highest BCUT2D eigenvalue weighted by Gasteiger charge is 2.14. The molecule has 1 aromatic heterocycles. The zero-order valence-electron chi connectivity index (χ0n) is 8.05. The van der Waals surface area contributed by atoms with Gasteiger partial charge in [0.25, 0.3) is 5.91 Å². The number of nitrogens with zero attached hydrogens (tertiary/aromatic N) is 1. The number of halogens is 1. The zero-order chi connectivity index (χ0) is 12.1. The number of aliphatic hydroxyl groups excluding tert-OH is 1. The minimum atomic E-state index is -1.60. The van der Waals surface area contributed by atoms with E-state index in [1.54, 1.807) is 6.07 Å². The summed E-state index contributed by atoms with van der Waals surface area (Å²) in [5.41, 5.74) is 0.292. The molecule has 0 saturated carbocycles. The van der Waals surface area contributed by atoms with Crippen molar-refractivity contribution in [1.29, 1.82) is 0 Å². The molecular weight excluding hydrogens is 280 g/mol. The zero-order valence-corrected chi connectivity index (χ0v) is 9.64. The number of amides is 1. The number of hydrogen-bond acceptors (Lipinski definition) is 4. The Morgan fingerprint density at radius 3 is 2.69 bits per heavy atom.